The normalized spacial score (nSPS) is 17.5. The Hall–Kier alpha value is -3.55. The number of nitriles is 1. The fraction of sp³-hybridized carbons (Fsp3) is 0.333. The highest BCUT2D eigenvalue weighted by Crippen LogP contribution is 2.33. The van der Waals surface area contributed by atoms with Crippen molar-refractivity contribution in [3.63, 3.8) is 0 Å². The monoisotopic (exact) mass is 479 g/mol. The third-order valence-electron chi connectivity index (χ3n) is 6.08. The van der Waals surface area contributed by atoms with Crippen LogP contribution in [0.5, 0.6) is 11.5 Å². The van der Waals surface area contributed by atoms with E-state index in [2.05, 4.69) is 20.7 Å². The molecule has 0 fully saturated rings. The lowest BCUT2D eigenvalue weighted by atomic mass is 9.96. The second kappa shape index (κ2) is 9.00. The van der Waals surface area contributed by atoms with Gasteiger partial charge in [-0.25, -0.2) is 18.1 Å². The van der Waals surface area contributed by atoms with E-state index in [0.29, 0.717) is 49.8 Å². The number of anilines is 1. The summed E-state index contributed by atoms with van der Waals surface area (Å²) in [4.78, 5) is 6.44. The number of benzene rings is 2. The van der Waals surface area contributed by atoms with Gasteiger partial charge in [0.15, 0.2) is 11.5 Å². The van der Waals surface area contributed by atoms with Gasteiger partial charge in [0, 0.05) is 44.0 Å². The number of nitrogens with one attached hydrogen (secondary N) is 1. The molecule has 1 aromatic heterocycles. The third kappa shape index (κ3) is 4.44. The van der Waals surface area contributed by atoms with Crippen molar-refractivity contribution in [1.29, 1.82) is 5.26 Å². The molecular weight excluding hydrogens is 454 g/mol. The molecule has 0 amide bonds. The number of sulfonamides is 1. The summed E-state index contributed by atoms with van der Waals surface area (Å²) >= 11 is 0. The second-order valence-corrected chi connectivity index (χ2v) is 10.2. The Balaban J connectivity index is 1.42. The molecule has 2 aliphatic rings. The van der Waals surface area contributed by atoms with Gasteiger partial charge in [-0.1, -0.05) is 0 Å². The zero-order valence-corrected chi connectivity index (χ0v) is 19.6. The minimum absolute atomic E-state index is 0.131. The van der Waals surface area contributed by atoms with Gasteiger partial charge in [0.2, 0.25) is 10.0 Å². The molecule has 0 aliphatic carbocycles. The van der Waals surface area contributed by atoms with Gasteiger partial charge < -0.3 is 18.9 Å². The van der Waals surface area contributed by atoms with Crippen LogP contribution in [0.4, 0.5) is 5.69 Å². The van der Waals surface area contributed by atoms with Gasteiger partial charge >= 0.3 is 0 Å². The van der Waals surface area contributed by atoms with E-state index in [4.69, 9.17) is 9.47 Å². The summed E-state index contributed by atoms with van der Waals surface area (Å²) in [6.45, 7) is 2.06. The zero-order chi connectivity index (χ0) is 23.7. The van der Waals surface area contributed by atoms with Gasteiger partial charge in [-0.05, 0) is 42.3 Å². The highest BCUT2D eigenvalue weighted by Gasteiger charge is 2.30. The lowest BCUT2D eigenvalue weighted by Crippen LogP contribution is -2.48. The van der Waals surface area contributed by atoms with Crippen molar-refractivity contribution >= 4 is 15.7 Å². The van der Waals surface area contributed by atoms with Crippen molar-refractivity contribution in [3.05, 3.63) is 65.7 Å². The largest absolute Gasteiger partial charge is 0.490 e. The maximum absolute atomic E-state index is 13.3. The molecule has 1 N–H and O–H groups in total. The van der Waals surface area contributed by atoms with E-state index in [0.717, 1.165) is 23.4 Å². The maximum Gasteiger partial charge on any atom is 0.241 e. The molecule has 2 aliphatic heterocycles. The Morgan fingerprint density at radius 3 is 2.76 bits per heavy atom. The molecular formula is C24H25N5O4S. The molecule has 1 atom stereocenters. The van der Waals surface area contributed by atoms with Gasteiger partial charge in [-0.15, -0.1) is 0 Å². The van der Waals surface area contributed by atoms with Crippen LogP contribution >= 0.6 is 0 Å². The fourth-order valence-electron chi connectivity index (χ4n) is 4.38. The Kier molecular flexibility index (Phi) is 5.89. The number of hydrogen-bond donors (Lipinski definition) is 1. The van der Waals surface area contributed by atoms with Crippen LogP contribution < -0.4 is 19.1 Å². The topological polar surface area (TPSA) is 109 Å². The highest BCUT2D eigenvalue weighted by atomic mass is 32.2. The van der Waals surface area contributed by atoms with E-state index in [1.54, 1.807) is 24.7 Å². The number of nitrogens with zero attached hydrogens (tertiary/aromatic N) is 4. The molecule has 3 heterocycles. The molecule has 9 nitrogen and oxygen atoms in total. The van der Waals surface area contributed by atoms with Crippen molar-refractivity contribution in [2.24, 2.45) is 7.05 Å². The van der Waals surface area contributed by atoms with E-state index in [1.807, 2.05) is 23.7 Å². The molecule has 0 spiro atoms. The number of aryl methyl sites for hydroxylation is 1. The third-order valence-corrected chi connectivity index (χ3v) is 7.59. The lowest BCUT2D eigenvalue weighted by Gasteiger charge is -2.36. The number of hydrogen-bond acceptors (Lipinski definition) is 7. The lowest BCUT2D eigenvalue weighted by molar-refractivity contribution is 0.297. The van der Waals surface area contributed by atoms with E-state index in [9.17, 15) is 13.7 Å². The zero-order valence-electron chi connectivity index (χ0n) is 18.8. The van der Waals surface area contributed by atoms with Crippen LogP contribution in [0.2, 0.25) is 0 Å². The summed E-state index contributed by atoms with van der Waals surface area (Å²) in [7, 11) is -1.89. The molecule has 0 bridgehead atoms. The van der Waals surface area contributed by atoms with Crippen LogP contribution in [0, 0.1) is 11.3 Å². The van der Waals surface area contributed by atoms with Crippen LogP contribution in [0.15, 0.2) is 53.8 Å². The fourth-order valence-corrected chi connectivity index (χ4v) is 5.62. The number of ether oxygens (including phenoxy) is 2. The van der Waals surface area contributed by atoms with Crippen LogP contribution in [-0.2, 0) is 30.0 Å². The van der Waals surface area contributed by atoms with Crippen molar-refractivity contribution in [2.75, 3.05) is 24.7 Å². The van der Waals surface area contributed by atoms with E-state index in [-0.39, 0.29) is 10.9 Å². The highest BCUT2D eigenvalue weighted by molar-refractivity contribution is 7.89. The van der Waals surface area contributed by atoms with Crippen LogP contribution in [0.25, 0.3) is 0 Å². The molecule has 0 saturated carbocycles. The second-order valence-electron chi connectivity index (χ2n) is 8.51. The van der Waals surface area contributed by atoms with Gasteiger partial charge in [0.1, 0.15) is 0 Å². The minimum Gasteiger partial charge on any atom is -0.490 e. The molecule has 176 valence electrons. The van der Waals surface area contributed by atoms with Gasteiger partial charge in [-0.2, -0.15) is 5.26 Å². The van der Waals surface area contributed by atoms with Gasteiger partial charge in [0.05, 0.1) is 48.3 Å². The maximum atomic E-state index is 13.3. The predicted molar refractivity (Wildman–Crippen MR) is 125 cm³/mol. The first kappa shape index (κ1) is 22.3. The quantitative estimate of drug-likeness (QED) is 0.598. The Labute approximate surface area is 198 Å². The summed E-state index contributed by atoms with van der Waals surface area (Å²) in [5.41, 5.74) is 3.47. The molecule has 5 rings (SSSR count). The average Bonchev–Trinajstić information content (AvgIpc) is 3.08. The van der Waals surface area contributed by atoms with Crippen molar-refractivity contribution in [1.82, 2.24) is 14.3 Å². The molecule has 34 heavy (non-hydrogen) atoms. The molecule has 0 saturated heterocycles. The number of aromatic nitrogens is 2. The molecule has 2 aromatic carbocycles. The first-order chi connectivity index (χ1) is 16.4. The average molecular weight is 480 g/mol. The van der Waals surface area contributed by atoms with E-state index >= 15 is 0 Å². The molecule has 10 heteroatoms. The number of fused-ring (bicyclic) bond motifs is 2. The Morgan fingerprint density at radius 1 is 1.18 bits per heavy atom. The summed E-state index contributed by atoms with van der Waals surface area (Å²) in [5, 5.41) is 9.36. The summed E-state index contributed by atoms with van der Waals surface area (Å²) in [6, 6.07) is 12.0. The first-order valence-electron chi connectivity index (χ1n) is 11.1. The number of imidazole rings is 1. The summed E-state index contributed by atoms with van der Waals surface area (Å²) in [5.74, 6) is 0.986. The minimum atomic E-state index is -3.81. The van der Waals surface area contributed by atoms with Crippen LogP contribution in [-0.4, -0.2) is 43.8 Å². The van der Waals surface area contributed by atoms with E-state index in [1.165, 1.54) is 12.1 Å². The van der Waals surface area contributed by atoms with Crippen molar-refractivity contribution in [3.8, 4) is 17.6 Å². The SMILES string of the molecule is Cn1cncc1CN1CC(NS(=O)(=O)c2ccc3c(c2)OCCCO3)Cc2cc(C#N)ccc21. The standard InChI is InChI=1S/C24H25N5O4S/c1-28-16-26-13-20(28)15-29-14-19(10-18-9-17(12-25)3-5-22(18)29)27-34(30,31)21-4-6-23-24(11-21)33-8-2-7-32-23/h3-6,9,11,13,16,19,27H,2,7-8,10,14-15H2,1H3. The smallest absolute Gasteiger partial charge is 0.241 e. The van der Waals surface area contributed by atoms with Crippen molar-refractivity contribution < 1.29 is 17.9 Å². The molecule has 3 aromatic rings. The predicted octanol–water partition coefficient (Wildman–Crippen LogP) is 2.36. The molecule has 1 unspecified atom stereocenters. The van der Waals surface area contributed by atoms with Gasteiger partial charge in [0.25, 0.3) is 0 Å². The van der Waals surface area contributed by atoms with Crippen LogP contribution in [0.3, 0.4) is 0 Å². The van der Waals surface area contributed by atoms with E-state index < -0.39 is 10.0 Å². The Bertz CT molecular complexity index is 1360. The number of rotatable bonds is 5. The molecule has 0 radical (unpaired) electrons. The van der Waals surface area contributed by atoms with Crippen LogP contribution in [0.1, 0.15) is 23.2 Å². The summed E-state index contributed by atoms with van der Waals surface area (Å²) in [6.07, 6.45) is 4.77. The van der Waals surface area contributed by atoms with Crippen molar-refractivity contribution in [2.45, 2.75) is 30.3 Å². The summed E-state index contributed by atoms with van der Waals surface area (Å²) < 4.78 is 42.7. The first-order valence-corrected chi connectivity index (χ1v) is 12.6. The van der Waals surface area contributed by atoms with Gasteiger partial charge in [-0.3, -0.25) is 0 Å². The Morgan fingerprint density at radius 2 is 2.00 bits per heavy atom.